The zero-order chi connectivity index (χ0) is 14.5. The van der Waals surface area contributed by atoms with Gasteiger partial charge in [-0.2, -0.15) is 0 Å². The zero-order valence-electron chi connectivity index (χ0n) is 11.9. The Balaban J connectivity index is 1.57. The van der Waals surface area contributed by atoms with E-state index in [2.05, 4.69) is 18.2 Å². The van der Waals surface area contributed by atoms with Gasteiger partial charge in [0.25, 0.3) is 0 Å². The molecule has 0 amide bonds. The van der Waals surface area contributed by atoms with Gasteiger partial charge < -0.3 is 14.6 Å². The summed E-state index contributed by atoms with van der Waals surface area (Å²) in [6, 6.07) is 17.9. The van der Waals surface area contributed by atoms with E-state index in [1.165, 1.54) is 11.1 Å². The van der Waals surface area contributed by atoms with Crippen LogP contribution in [0.15, 0.2) is 54.6 Å². The first kappa shape index (κ1) is 14.1. The number of benzene rings is 2. The van der Waals surface area contributed by atoms with Gasteiger partial charge in [-0.25, -0.2) is 0 Å². The molecule has 1 N–H and O–H groups in total. The first-order chi connectivity index (χ1) is 10.3. The second-order valence-corrected chi connectivity index (χ2v) is 5.32. The van der Waals surface area contributed by atoms with Crippen LogP contribution in [0.25, 0.3) is 0 Å². The van der Waals surface area contributed by atoms with Gasteiger partial charge in [0.2, 0.25) is 0 Å². The van der Waals surface area contributed by atoms with Gasteiger partial charge in [0, 0.05) is 6.42 Å². The minimum atomic E-state index is -0.540. The molecule has 2 aromatic carbocycles. The maximum Gasteiger partial charge on any atom is 0.119 e. The molecule has 1 aliphatic heterocycles. The average Bonchev–Trinajstić information content (AvgIpc) is 2.54. The van der Waals surface area contributed by atoms with Crippen LogP contribution in [-0.2, 0) is 11.2 Å². The Morgan fingerprint density at radius 3 is 2.71 bits per heavy atom. The molecule has 21 heavy (non-hydrogen) atoms. The van der Waals surface area contributed by atoms with Crippen molar-refractivity contribution in [1.29, 1.82) is 0 Å². The van der Waals surface area contributed by atoms with E-state index >= 15 is 0 Å². The molecule has 2 atom stereocenters. The molecule has 2 unspecified atom stereocenters. The molecule has 110 valence electrons. The van der Waals surface area contributed by atoms with Gasteiger partial charge in [0.1, 0.15) is 12.4 Å². The monoisotopic (exact) mass is 284 g/mol. The molecular weight excluding hydrogens is 264 g/mol. The minimum absolute atomic E-state index is 0.0377. The lowest BCUT2D eigenvalue weighted by molar-refractivity contribution is -0.00697. The average molecular weight is 284 g/mol. The van der Waals surface area contributed by atoms with Crippen LogP contribution in [0, 0.1) is 0 Å². The van der Waals surface area contributed by atoms with Crippen LogP contribution in [0.1, 0.15) is 23.7 Å². The quantitative estimate of drug-likeness (QED) is 0.916. The van der Waals surface area contributed by atoms with Crippen molar-refractivity contribution in [2.45, 2.75) is 25.0 Å². The molecule has 1 heterocycles. The number of fused-ring (bicyclic) bond motifs is 1. The second-order valence-electron chi connectivity index (χ2n) is 5.32. The molecule has 0 saturated carbocycles. The smallest absolute Gasteiger partial charge is 0.119 e. The Labute approximate surface area is 125 Å². The Bertz CT molecular complexity index is 568. The summed E-state index contributed by atoms with van der Waals surface area (Å²) in [5.41, 5.74) is 2.52. The van der Waals surface area contributed by atoms with Crippen LogP contribution in [-0.4, -0.2) is 24.4 Å². The number of aliphatic hydroxyl groups is 1. The van der Waals surface area contributed by atoms with Gasteiger partial charge in [-0.3, -0.25) is 0 Å². The lowest BCUT2D eigenvalue weighted by atomic mass is 9.94. The minimum Gasteiger partial charge on any atom is -0.491 e. The highest BCUT2D eigenvalue weighted by Crippen LogP contribution is 2.30. The van der Waals surface area contributed by atoms with Gasteiger partial charge in [-0.1, -0.05) is 42.5 Å². The summed E-state index contributed by atoms with van der Waals surface area (Å²) in [4.78, 5) is 0. The summed E-state index contributed by atoms with van der Waals surface area (Å²) in [6.45, 7) is 1.000. The number of ether oxygens (including phenoxy) is 2. The second kappa shape index (κ2) is 6.74. The van der Waals surface area contributed by atoms with E-state index in [-0.39, 0.29) is 12.7 Å². The predicted octanol–water partition coefficient (Wildman–Crippen LogP) is 3.13. The van der Waals surface area contributed by atoms with Gasteiger partial charge in [0.15, 0.2) is 0 Å². The predicted molar refractivity (Wildman–Crippen MR) is 81.4 cm³/mol. The molecule has 3 nitrogen and oxygen atoms in total. The van der Waals surface area contributed by atoms with Crippen molar-refractivity contribution in [2.75, 3.05) is 13.2 Å². The molecule has 0 radical (unpaired) electrons. The van der Waals surface area contributed by atoms with Crippen LogP contribution < -0.4 is 4.74 Å². The number of aliphatic hydroxyl groups excluding tert-OH is 1. The molecule has 0 aromatic heterocycles. The molecule has 0 spiro atoms. The summed E-state index contributed by atoms with van der Waals surface area (Å²) < 4.78 is 11.4. The van der Waals surface area contributed by atoms with Gasteiger partial charge in [-0.15, -0.1) is 0 Å². The molecular formula is C18H20O3. The van der Waals surface area contributed by atoms with E-state index < -0.39 is 6.10 Å². The van der Waals surface area contributed by atoms with Crippen molar-refractivity contribution < 1.29 is 14.6 Å². The van der Waals surface area contributed by atoms with Crippen LogP contribution in [0.5, 0.6) is 5.75 Å². The summed E-state index contributed by atoms with van der Waals surface area (Å²) in [6.07, 6.45) is 0.929. The molecule has 3 rings (SSSR count). The topological polar surface area (TPSA) is 38.7 Å². The highest BCUT2D eigenvalue weighted by molar-refractivity contribution is 5.31. The summed E-state index contributed by atoms with van der Waals surface area (Å²) >= 11 is 0. The van der Waals surface area contributed by atoms with Crippen LogP contribution in [0.4, 0.5) is 0 Å². The van der Waals surface area contributed by atoms with Crippen molar-refractivity contribution in [3.05, 3.63) is 65.7 Å². The van der Waals surface area contributed by atoms with Crippen LogP contribution in [0.3, 0.4) is 0 Å². The Morgan fingerprint density at radius 2 is 1.86 bits per heavy atom. The summed E-state index contributed by atoms with van der Waals surface area (Å²) in [7, 11) is 0. The van der Waals surface area contributed by atoms with E-state index in [9.17, 15) is 5.11 Å². The third kappa shape index (κ3) is 3.63. The van der Waals surface area contributed by atoms with Gasteiger partial charge >= 0.3 is 0 Å². The number of para-hydroxylation sites is 1. The normalized spacial score (nSPS) is 18.8. The van der Waals surface area contributed by atoms with Crippen molar-refractivity contribution in [3.8, 4) is 5.75 Å². The highest BCUT2D eigenvalue weighted by Gasteiger charge is 2.23. The highest BCUT2D eigenvalue weighted by atomic mass is 16.5. The lowest BCUT2D eigenvalue weighted by Gasteiger charge is -2.27. The fourth-order valence-corrected chi connectivity index (χ4v) is 2.70. The Morgan fingerprint density at radius 1 is 1.10 bits per heavy atom. The maximum atomic E-state index is 10.2. The van der Waals surface area contributed by atoms with E-state index in [1.54, 1.807) is 0 Å². The molecule has 3 heteroatoms. The van der Waals surface area contributed by atoms with Crippen molar-refractivity contribution >= 4 is 0 Å². The Hall–Kier alpha value is -1.84. The summed E-state index contributed by atoms with van der Waals surface area (Å²) in [5, 5.41) is 10.2. The first-order valence-electron chi connectivity index (χ1n) is 7.38. The van der Waals surface area contributed by atoms with Crippen LogP contribution in [0.2, 0.25) is 0 Å². The third-order valence-electron chi connectivity index (χ3n) is 3.76. The first-order valence-corrected chi connectivity index (χ1v) is 7.38. The number of hydrogen-bond donors (Lipinski definition) is 1. The van der Waals surface area contributed by atoms with E-state index in [0.717, 1.165) is 12.2 Å². The third-order valence-corrected chi connectivity index (χ3v) is 3.76. The number of hydrogen-bond acceptors (Lipinski definition) is 3. The van der Waals surface area contributed by atoms with Crippen molar-refractivity contribution in [3.63, 3.8) is 0 Å². The Kier molecular flexibility index (Phi) is 4.53. The van der Waals surface area contributed by atoms with E-state index in [4.69, 9.17) is 9.47 Å². The molecule has 0 aliphatic carbocycles. The zero-order valence-corrected chi connectivity index (χ0v) is 11.9. The fourth-order valence-electron chi connectivity index (χ4n) is 2.70. The maximum absolute atomic E-state index is 10.2. The fraction of sp³-hybridized carbons (Fsp3) is 0.333. The molecule has 1 aliphatic rings. The molecule has 2 aromatic rings. The number of rotatable bonds is 5. The van der Waals surface area contributed by atoms with Gasteiger partial charge in [0.05, 0.1) is 18.8 Å². The largest absolute Gasteiger partial charge is 0.491 e. The SMILES string of the molecule is OC(COc1ccccc1)CC1OCCc2ccccc21. The van der Waals surface area contributed by atoms with E-state index in [0.29, 0.717) is 13.0 Å². The van der Waals surface area contributed by atoms with Crippen molar-refractivity contribution in [2.24, 2.45) is 0 Å². The van der Waals surface area contributed by atoms with Crippen LogP contribution >= 0.6 is 0 Å². The van der Waals surface area contributed by atoms with Gasteiger partial charge in [-0.05, 0) is 29.7 Å². The molecule has 0 fully saturated rings. The van der Waals surface area contributed by atoms with Crippen molar-refractivity contribution in [1.82, 2.24) is 0 Å². The molecule has 0 saturated heterocycles. The lowest BCUT2D eigenvalue weighted by Crippen LogP contribution is -2.25. The standard InChI is InChI=1S/C18H20O3/c19-15(13-21-16-7-2-1-3-8-16)12-18-17-9-5-4-6-14(17)10-11-20-18/h1-9,15,18-19H,10-13H2. The summed E-state index contributed by atoms with van der Waals surface area (Å²) in [5.74, 6) is 0.779. The van der Waals surface area contributed by atoms with E-state index in [1.807, 2.05) is 36.4 Å². The molecule has 0 bridgehead atoms.